The summed E-state index contributed by atoms with van der Waals surface area (Å²) >= 11 is 0. The number of carbonyl (C=O) groups excluding carboxylic acids is 2. The van der Waals surface area contributed by atoms with Crippen LogP contribution < -0.4 is 15.6 Å². The molecule has 0 aromatic heterocycles. The number of hydrogen-bond donors (Lipinski definition) is 2. The van der Waals surface area contributed by atoms with Gasteiger partial charge in [-0.25, -0.2) is 4.39 Å². The first-order valence-corrected chi connectivity index (χ1v) is 7.20. The molecule has 0 spiro atoms. The van der Waals surface area contributed by atoms with Gasteiger partial charge in [0.2, 0.25) is 0 Å². The van der Waals surface area contributed by atoms with Gasteiger partial charge in [0.15, 0.2) is 0 Å². The van der Waals surface area contributed by atoms with Gasteiger partial charge < -0.3 is 4.74 Å². The number of rotatable bonds is 5. The van der Waals surface area contributed by atoms with Crippen molar-refractivity contribution in [3.63, 3.8) is 0 Å². The van der Waals surface area contributed by atoms with Crippen molar-refractivity contribution in [1.82, 2.24) is 10.9 Å². The Hall–Kier alpha value is -2.89. The lowest BCUT2D eigenvalue weighted by molar-refractivity contribution is 0.0844. The van der Waals surface area contributed by atoms with Crippen molar-refractivity contribution in [2.75, 3.05) is 6.61 Å². The molecule has 2 N–H and O–H groups in total. The number of nitrogens with one attached hydrogen (secondary N) is 2. The molecule has 120 valence electrons. The van der Waals surface area contributed by atoms with Crippen LogP contribution in [0.5, 0.6) is 5.75 Å². The summed E-state index contributed by atoms with van der Waals surface area (Å²) in [6.07, 6.45) is 0.817. The fourth-order valence-electron chi connectivity index (χ4n) is 1.85. The minimum Gasteiger partial charge on any atom is -0.493 e. The summed E-state index contributed by atoms with van der Waals surface area (Å²) in [5, 5.41) is 0. The third kappa shape index (κ3) is 4.54. The molecule has 23 heavy (non-hydrogen) atoms. The number of benzene rings is 2. The molecule has 0 atom stereocenters. The molecule has 0 saturated heterocycles. The van der Waals surface area contributed by atoms with E-state index in [1.54, 1.807) is 24.3 Å². The lowest BCUT2D eigenvalue weighted by Crippen LogP contribution is -2.41. The van der Waals surface area contributed by atoms with Crippen molar-refractivity contribution in [3.8, 4) is 5.75 Å². The second-order valence-corrected chi connectivity index (χ2v) is 4.76. The summed E-state index contributed by atoms with van der Waals surface area (Å²) in [7, 11) is 0. The Morgan fingerprint density at radius 2 is 1.65 bits per heavy atom. The summed E-state index contributed by atoms with van der Waals surface area (Å²) < 4.78 is 18.3. The van der Waals surface area contributed by atoms with Crippen molar-refractivity contribution < 1.29 is 18.7 Å². The van der Waals surface area contributed by atoms with Gasteiger partial charge in [-0.1, -0.05) is 19.1 Å². The molecule has 0 aliphatic heterocycles. The molecular weight excluding hydrogens is 299 g/mol. The van der Waals surface area contributed by atoms with Crippen molar-refractivity contribution >= 4 is 11.8 Å². The average Bonchev–Trinajstić information content (AvgIpc) is 2.58. The predicted molar refractivity (Wildman–Crippen MR) is 83.6 cm³/mol. The van der Waals surface area contributed by atoms with Crippen LogP contribution in [0.3, 0.4) is 0 Å². The highest BCUT2D eigenvalue weighted by molar-refractivity contribution is 6.00. The average molecular weight is 316 g/mol. The Kier molecular flexibility index (Phi) is 5.68. The fourth-order valence-corrected chi connectivity index (χ4v) is 1.85. The zero-order valence-corrected chi connectivity index (χ0v) is 12.6. The maximum Gasteiger partial charge on any atom is 0.273 e. The third-order valence-electron chi connectivity index (χ3n) is 2.99. The van der Waals surface area contributed by atoms with Gasteiger partial charge in [-0.05, 0) is 42.8 Å². The number of para-hydroxylation sites is 1. The highest BCUT2D eigenvalue weighted by Gasteiger charge is 2.13. The van der Waals surface area contributed by atoms with Gasteiger partial charge in [0, 0.05) is 5.56 Å². The molecule has 2 rings (SSSR count). The Bertz CT molecular complexity index is 686. The van der Waals surface area contributed by atoms with Crippen LogP contribution in [0.25, 0.3) is 0 Å². The van der Waals surface area contributed by atoms with E-state index in [0.29, 0.717) is 17.9 Å². The number of ether oxygens (including phenoxy) is 1. The fraction of sp³-hybridized carbons (Fsp3) is 0.176. The third-order valence-corrected chi connectivity index (χ3v) is 2.99. The molecule has 0 heterocycles. The zero-order valence-electron chi connectivity index (χ0n) is 12.6. The summed E-state index contributed by atoms with van der Waals surface area (Å²) in [5.74, 6) is -1.02. The Labute approximate surface area is 133 Å². The molecule has 2 aromatic rings. The maximum absolute atomic E-state index is 12.8. The van der Waals surface area contributed by atoms with Gasteiger partial charge in [0.1, 0.15) is 11.6 Å². The van der Waals surface area contributed by atoms with Crippen LogP contribution in [0.1, 0.15) is 34.1 Å². The van der Waals surface area contributed by atoms with Gasteiger partial charge in [-0.15, -0.1) is 0 Å². The van der Waals surface area contributed by atoms with Crippen molar-refractivity contribution in [3.05, 3.63) is 65.5 Å². The molecule has 0 fully saturated rings. The normalized spacial score (nSPS) is 10.0. The van der Waals surface area contributed by atoms with Crippen molar-refractivity contribution in [2.45, 2.75) is 13.3 Å². The lowest BCUT2D eigenvalue weighted by atomic mass is 10.2. The Morgan fingerprint density at radius 3 is 2.35 bits per heavy atom. The molecule has 5 nitrogen and oxygen atoms in total. The second kappa shape index (κ2) is 7.93. The standard InChI is InChI=1S/C17H17FN2O3/c1-2-11-23-15-6-4-3-5-14(15)17(22)20-19-16(21)12-7-9-13(18)10-8-12/h3-10H,2,11H2,1H3,(H,19,21)(H,20,22). The summed E-state index contributed by atoms with van der Waals surface area (Å²) in [4.78, 5) is 24.0. The number of halogens is 1. The van der Waals surface area contributed by atoms with E-state index in [-0.39, 0.29) is 5.56 Å². The van der Waals surface area contributed by atoms with Crippen LogP contribution in [0.2, 0.25) is 0 Å². The van der Waals surface area contributed by atoms with Crippen molar-refractivity contribution in [2.24, 2.45) is 0 Å². The zero-order chi connectivity index (χ0) is 16.7. The van der Waals surface area contributed by atoms with Crippen LogP contribution in [0.4, 0.5) is 4.39 Å². The first-order chi connectivity index (χ1) is 11.1. The van der Waals surface area contributed by atoms with Gasteiger partial charge in [0.25, 0.3) is 11.8 Å². The van der Waals surface area contributed by atoms with Gasteiger partial charge in [0.05, 0.1) is 12.2 Å². The van der Waals surface area contributed by atoms with E-state index in [1.807, 2.05) is 6.92 Å². The highest BCUT2D eigenvalue weighted by Crippen LogP contribution is 2.17. The Morgan fingerprint density at radius 1 is 1.00 bits per heavy atom. The highest BCUT2D eigenvalue weighted by atomic mass is 19.1. The largest absolute Gasteiger partial charge is 0.493 e. The smallest absolute Gasteiger partial charge is 0.273 e. The topological polar surface area (TPSA) is 67.4 Å². The molecule has 0 aliphatic rings. The number of amides is 2. The van der Waals surface area contributed by atoms with Crippen LogP contribution in [-0.2, 0) is 0 Å². The lowest BCUT2D eigenvalue weighted by Gasteiger charge is -2.11. The van der Waals surface area contributed by atoms with E-state index >= 15 is 0 Å². The summed E-state index contributed by atoms with van der Waals surface area (Å²) in [5.41, 5.74) is 5.16. The first-order valence-electron chi connectivity index (χ1n) is 7.20. The maximum atomic E-state index is 12.8. The van der Waals surface area contributed by atoms with E-state index in [2.05, 4.69) is 10.9 Å². The summed E-state index contributed by atoms with van der Waals surface area (Å²) in [6.45, 7) is 2.46. The van der Waals surface area contributed by atoms with Crippen LogP contribution in [-0.4, -0.2) is 18.4 Å². The SMILES string of the molecule is CCCOc1ccccc1C(=O)NNC(=O)c1ccc(F)cc1. The predicted octanol–water partition coefficient (Wildman–Crippen LogP) is 2.69. The van der Waals surface area contributed by atoms with Gasteiger partial charge in [-0.3, -0.25) is 20.4 Å². The molecule has 0 radical (unpaired) electrons. The molecular formula is C17H17FN2O3. The second-order valence-electron chi connectivity index (χ2n) is 4.76. The van der Waals surface area contributed by atoms with E-state index in [0.717, 1.165) is 6.42 Å². The molecule has 2 aromatic carbocycles. The van der Waals surface area contributed by atoms with E-state index in [4.69, 9.17) is 4.74 Å². The Balaban J connectivity index is 1.99. The number of carbonyl (C=O) groups is 2. The molecule has 0 unspecified atom stereocenters. The van der Waals surface area contributed by atoms with Gasteiger partial charge >= 0.3 is 0 Å². The van der Waals surface area contributed by atoms with Crippen LogP contribution in [0, 0.1) is 5.82 Å². The quantitative estimate of drug-likeness (QED) is 0.833. The van der Waals surface area contributed by atoms with E-state index in [1.165, 1.54) is 24.3 Å². The molecule has 0 saturated carbocycles. The van der Waals surface area contributed by atoms with Gasteiger partial charge in [-0.2, -0.15) is 0 Å². The molecule has 6 heteroatoms. The minimum atomic E-state index is -0.537. The van der Waals surface area contributed by atoms with Crippen LogP contribution >= 0.6 is 0 Å². The van der Waals surface area contributed by atoms with E-state index < -0.39 is 17.6 Å². The van der Waals surface area contributed by atoms with Crippen LogP contribution in [0.15, 0.2) is 48.5 Å². The minimum absolute atomic E-state index is 0.238. The molecule has 0 aliphatic carbocycles. The van der Waals surface area contributed by atoms with Crippen molar-refractivity contribution in [1.29, 1.82) is 0 Å². The number of hydrogen-bond acceptors (Lipinski definition) is 3. The molecule has 2 amide bonds. The monoisotopic (exact) mass is 316 g/mol. The number of hydrazine groups is 1. The molecule has 0 bridgehead atoms. The first kappa shape index (κ1) is 16.5. The van der Waals surface area contributed by atoms with E-state index in [9.17, 15) is 14.0 Å². The summed E-state index contributed by atoms with van der Waals surface area (Å²) in [6, 6.07) is 11.8.